The smallest absolute Gasteiger partial charge is 0.229 e. The van der Waals surface area contributed by atoms with Crippen molar-refractivity contribution in [1.29, 1.82) is 0 Å². The minimum Gasteiger partial charge on any atom is -0.379 e. The fourth-order valence-corrected chi connectivity index (χ4v) is 2.45. The fraction of sp³-hybridized carbons (Fsp3) is 0.667. The van der Waals surface area contributed by atoms with Crippen LogP contribution in [0.1, 0.15) is 11.3 Å². The first-order chi connectivity index (χ1) is 8.84. The van der Waals surface area contributed by atoms with Crippen molar-refractivity contribution in [3.8, 4) is 0 Å². The Morgan fingerprint density at radius 3 is 3.32 bits per heavy atom. The third-order valence-electron chi connectivity index (χ3n) is 3.50. The molecular weight excluding hydrogens is 270 g/mol. The van der Waals surface area contributed by atoms with E-state index in [0.29, 0.717) is 26.3 Å². The quantitative estimate of drug-likeness (QED) is 0.800. The summed E-state index contributed by atoms with van der Waals surface area (Å²) in [6.45, 7) is 4.03. The van der Waals surface area contributed by atoms with Gasteiger partial charge in [0, 0.05) is 31.6 Å². The fourth-order valence-electron chi connectivity index (χ4n) is 2.45. The zero-order valence-corrected chi connectivity index (χ0v) is 11.4. The normalized spacial score (nSPS) is 23.2. The second-order valence-corrected chi connectivity index (χ2v) is 4.77. The highest BCUT2D eigenvalue weighted by molar-refractivity contribution is 5.85. The highest BCUT2D eigenvalue weighted by atomic mass is 35.5. The first-order valence-corrected chi connectivity index (χ1v) is 6.34. The molecule has 1 unspecified atom stereocenters. The van der Waals surface area contributed by atoms with Gasteiger partial charge in [0.25, 0.3) is 0 Å². The van der Waals surface area contributed by atoms with E-state index in [9.17, 15) is 4.79 Å². The average Bonchev–Trinajstić information content (AvgIpc) is 2.69. The predicted molar refractivity (Wildman–Crippen MR) is 70.1 cm³/mol. The van der Waals surface area contributed by atoms with Crippen LogP contribution in [0.2, 0.25) is 0 Å². The van der Waals surface area contributed by atoms with Crippen LogP contribution in [0.25, 0.3) is 0 Å². The number of fused-ring (bicyclic) bond motifs is 1. The molecule has 1 amide bonds. The lowest BCUT2D eigenvalue weighted by molar-refractivity contribution is -0.137. The zero-order valence-electron chi connectivity index (χ0n) is 10.6. The van der Waals surface area contributed by atoms with Gasteiger partial charge in [-0.15, -0.1) is 12.4 Å². The van der Waals surface area contributed by atoms with Crippen molar-refractivity contribution in [3.05, 3.63) is 17.5 Å². The third-order valence-corrected chi connectivity index (χ3v) is 3.50. The molecule has 0 radical (unpaired) electrons. The van der Waals surface area contributed by atoms with Crippen molar-refractivity contribution >= 4 is 18.3 Å². The Labute approximate surface area is 117 Å². The lowest BCUT2D eigenvalue weighted by Gasteiger charge is -2.29. The summed E-state index contributed by atoms with van der Waals surface area (Å²) in [6, 6.07) is 0. The van der Waals surface area contributed by atoms with Crippen molar-refractivity contribution in [2.24, 2.45) is 5.92 Å². The van der Waals surface area contributed by atoms with Crippen molar-refractivity contribution in [3.63, 3.8) is 0 Å². The second-order valence-electron chi connectivity index (χ2n) is 4.77. The molecule has 3 heterocycles. The molecule has 1 saturated heterocycles. The van der Waals surface area contributed by atoms with Crippen molar-refractivity contribution in [2.45, 2.75) is 13.0 Å². The maximum Gasteiger partial charge on any atom is 0.229 e. The van der Waals surface area contributed by atoms with Crippen LogP contribution in [0, 0.1) is 5.92 Å². The molecule has 19 heavy (non-hydrogen) atoms. The molecule has 106 valence electrons. The van der Waals surface area contributed by atoms with Gasteiger partial charge in [-0.2, -0.15) is 0 Å². The molecule has 1 fully saturated rings. The van der Waals surface area contributed by atoms with Gasteiger partial charge in [-0.3, -0.25) is 4.79 Å². The van der Waals surface area contributed by atoms with Crippen LogP contribution >= 0.6 is 12.4 Å². The standard InChI is InChI=1S/C12H17N3O3.ClH/c16-12(9-5-13-2-4-17-7-9)15-3-1-11-10(6-15)8-18-14-11;/h8-9,13H,1-7H2;1H. The molecule has 2 aliphatic heterocycles. The summed E-state index contributed by atoms with van der Waals surface area (Å²) in [6.07, 6.45) is 2.41. The maximum atomic E-state index is 12.4. The van der Waals surface area contributed by atoms with Crippen LogP contribution in [0.5, 0.6) is 0 Å². The number of carbonyl (C=O) groups is 1. The summed E-state index contributed by atoms with van der Waals surface area (Å²) in [4.78, 5) is 14.3. The van der Waals surface area contributed by atoms with E-state index < -0.39 is 0 Å². The lowest BCUT2D eigenvalue weighted by atomic mass is 10.0. The number of halogens is 1. The van der Waals surface area contributed by atoms with Crippen LogP contribution in [0.15, 0.2) is 10.8 Å². The SMILES string of the molecule is Cl.O=C(C1CNCCOC1)N1CCc2nocc2C1. The highest BCUT2D eigenvalue weighted by Crippen LogP contribution is 2.19. The Bertz CT molecular complexity index is 430. The number of hydrogen-bond acceptors (Lipinski definition) is 5. The molecule has 0 spiro atoms. The summed E-state index contributed by atoms with van der Waals surface area (Å²) < 4.78 is 10.4. The molecule has 0 saturated carbocycles. The third kappa shape index (κ3) is 3.08. The van der Waals surface area contributed by atoms with E-state index in [-0.39, 0.29) is 24.2 Å². The summed E-state index contributed by atoms with van der Waals surface area (Å²) in [5.41, 5.74) is 2.01. The summed E-state index contributed by atoms with van der Waals surface area (Å²) in [7, 11) is 0. The Morgan fingerprint density at radius 2 is 2.42 bits per heavy atom. The number of hydrogen-bond donors (Lipinski definition) is 1. The minimum atomic E-state index is -0.0751. The van der Waals surface area contributed by atoms with Crippen molar-refractivity contribution in [2.75, 3.05) is 32.8 Å². The Balaban J connectivity index is 0.00000133. The molecule has 0 aliphatic carbocycles. The molecule has 7 heteroatoms. The number of amides is 1. The van der Waals surface area contributed by atoms with Gasteiger partial charge in [0.2, 0.25) is 5.91 Å². The van der Waals surface area contributed by atoms with Gasteiger partial charge < -0.3 is 19.5 Å². The Morgan fingerprint density at radius 1 is 1.53 bits per heavy atom. The highest BCUT2D eigenvalue weighted by Gasteiger charge is 2.29. The van der Waals surface area contributed by atoms with Gasteiger partial charge in [0.1, 0.15) is 6.26 Å². The molecule has 0 bridgehead atoms. The monoisotopic (exact) mass is 287 g/mol. The van der Waals surface area contributed by atoms with Crippen LogP contribution in [-0.4, -0.2) is 48.8 Å². The molecule has 0 aromatic carbocycles. The van der Waals surface area contributed by atoms with E-state index in [1.54, 1.807) is 6.26 Å². The van der Waals surface area contributed by atoms with E-state index in [2.05, 4.69) is 10.5 Å². The molecule has 1 aromatic heterocycles. The first-order valence-electron chi connectivity index (χ1n) is 6.34. The van der Waals surface area contributed by atoms with Gasteiger partial charge in [-0.05, 0) is 0 Å². The van der Waals surface area contributed by atoms with Gasteiger partial charge in [0.05, 0.1) is 31.4 Å². The number of ether oxygens (including phenoxy) is 1. The van der Waals surface area contributed by atoms with E-state index in [1.165, 1.54) is 0 Å². The van der Waals surface area contributed by atoms with Gasteiger partial charge in [0.15, 0.2) is 0 Å². The predicted octanol–water partition coefficient (Wildman–Crippen LogP) is 0.217. The molecular formula is C12H18ClN3O3. The van der Waals surface area contributed by atoms with Crippen molar-refractivity contribution < 1.29 is 14.1 Å². The largest absolute Gasteiger partial charge is 0.379 e. The van der Waals surface area contributed by atoms with Crippen LogP contribution < -0.4 is 5.32 Å². The summed E-state index contributed by atoms with van der Waals surface area (Å²) >= 11 is 0. The minimum absolute atomic E-state index is 0. The van der Waals surface area contributed by atoms with Gasteiger partial charge in [-0.25, -0.2) is 0 Å². The van der Waals surface area contributed by atoms with E-state index in [4.69, 9.17) is 9.26 Å². The summed E-state index contributed by atoms with van der Waals surface area (Å²) in [5.74, 6) is 0.0881. The van der Waals surface area contributed by atoms with Crippen LogP contribution in [0.4, 0.5) is 0 Å². The van der Waals surface area contributed by atoms with E-state index in [0.717, 1.165) is 30.8 Å². The van der Waals surface area contributed by atoms with Gasteiger partial charge in [-0.1, -0.05) is 5.16 Å². The number of rotatable bonds is 1. The van der Waals surface area contributed by atoms with E-state index in [1.807, 2.05) is 4.90 Å². The number of carbonyl (C=O) groups excluding carboxylic acids is 1. The molecule has 1 atom stereocenters. The van der Waals surface area contributed by atoms with Crippen molar-refractivity contribution in [1.82, 2.24) is 15.4 Å². The zero-order chi connectivity index (χ0) is 12.4. The average molecular weight is 288 g/mol. The Hall–Kier alpha value is -1.11. The lowest BCUT2D eigenvalue weighted by Crippen LogP contribution is -2.43. The topological polar surface area (TPSA) is 67.6 Å². The second kappa shape index (κ2) is 6.36. The summed E-state index contributed by atoms with van der Waals surface area (Å²) in [5, 5.41) is 7.16. The van der Waals surface area contributed by atoms with E-state index >= 15 is 0 Å². The number of nitrogens with one attached hydrogen (secondary N) is 1. The molecule has 1 N–H and O–H groups in total. The Kier molecular flexibility index (Phi) is 4.79. The number of aromatic nitrogens is 1. The maximum absolute atomic E-state index is 12.4. The van der Waals surface area contributed by atoms with Crippen LogP contribution in [0.3, 0.4) is 0 Å². The van der Waals surface area contributed by atoms with Gasteiger partial charge >= 0.3 is 0 Å². The number of nitrogens with zero attached hydrogens (tertiary/aromatic N) is 2. The first kappa shape index (κ1) is 14.3. The molecule has 2 aliphatic rings. The molecule has 3 rings (SSSR count). The molecule has 1 aromatic rings. The van der Waals surface area contributed by atoms with Crippen LogP contribution in [-0.2, 0) is 22.5 Å². The molecule has 6 nitrogen and oxygen atoms in total.